The summed E-state index contributed by atoms with van der Waals surface area (Å²) in [6, 6.07) is 5.86. The van der Waals surface area contributed by atoms with Crippen LogP contribution in [0.2, 0.25) is 0 Å². The van der Waals surface area contributed by atoms with E-state index in [-0.39, 0.29) is 23.9 Å². The fourth-order valence-electron chi connectivity index (χ4n) is 1.65. The van der Waals surface area contributed by atoms with Crippen LogP contribution in [-0.2, 0) is 0 Å². The predicted octanol–water partition coefficient (Wildman–Crippen LogP) is 3.56. The highest BCUT2D eigenvalue weighted by Gasteiger charge is 2.23. The summed E-state index contributed by atoms with van der Waals surface area (Å²) in [6.07, 6.45) is 0. The smallest absolute Gasteiger partial charge is 0.161 e. The molecule has 0 aliphatic heterocycles. The number of halogens is 1. The van der Waals surface area contributed by atoms with Crippen LogP contribution in [0.5, 0.6) is 11.5 Å². The molecule has 0 radical (unpaired) electrons. The lowest BCUT2D eigenvalue weighted by Crippen LogP contribution is -2.26. The molecule has 0 fully saturated rings. The van der Waals surface area contributed by atoms with Crippen LogP contribution < -0.4 is 15.2 Å². The van der Waals surface area contributed by atoms with E-state index in [9.17, 15) is 0 Å². The van der Waals surface area contributed by atoms with E-state index in [4.69, 9.17) is 15.2 Å². The maximum absolute atomic E-state index is 6.22. The van der Waals surface area contributed by atoms with Gasteiger partial charge >= 0.3 is 0 Å². The molecular weight excluding hydrogens is 250 g/mol. The second-order valence-electron chi connectivity index (χ2n) is 5.19. The quantitative estimate of drug-likeness (QED) is 0.912. The molecule has 0 bridgehead atoms. The first-order valence-electron chi connectivity index (χ1n) is 5.96. The zero-order chi connectivity index (χ0) is 13.1. The van der Waals surface area contributed by atoms with E-state index >= 15 is 0 Å². The molecule has 1 atom stereocenters. The highest BCUT2D eigenvalue weighted by atomic mass is 35.5. The summed E-state index contributed by atoms with van der Waals surface area (Å²) in [5.41, 5.74) is 7.32. The summed E-state index contributed by atoms with van der Waals surface area (Å²) in [6.45, 7) is 8.96. The van der Waals surface area contributed by atoms with Gasteiger partial charge in [0.05, 0.1) is 13.7 Å². The van der Waals surface area contributed by atoms with E-state index < -0.39 is 0 Å². The summed E-state index contributed by atoms with van der Waals surface area (Å²) in [5, 5.41) is 0. The molecule has 0 spiro atoms. The van der Waals surface area contributed by atoms with Crippen molar-refractivity contribution in [2.45, 2.75) is 33.7 Å². The lowest BCUT2D eigenvalue weighted by atomic mass is 9.83. The fraction of sp³-hybridized carbons (Fsp3) is 0.571. The van der Waals surface area contributed by atoms with E-state index in [0.29, 0.717) is 6.61 Å². The van der Waals surface area contributed by atoms with Gasteiger partial charge in [0.2, 0.25) is 0 Å². The third-order valence-electron chi connectivity index (χ3n) is 2.78. The molecule has 0 aliphatic rings. The Morgan fingerprint density at radius 3 is 2.28 bits per heavy atom. The van der Waals surface area contributed by atoms with Crippen LogP contribution in [0, 0.1) is 5.41 Å². The minimum Gasteiger partial charge on any atom is -0.493 e. The average molecular weight is 274 g/mol. The Bertz CT molecular complexity index is 375. The van der Waals surface area contributed by atoms with Gasteiger partial charge in [-0.2, -0.15) is 0 Å². The van der Waals surface area contributed by atoms with E-state index in [1.54, 1.807) is 7.11 Å². The van der Waals surface area contributed by atoms with Crippen molar-refractivity contribution in [3.8, 4) is 11.5 Å². The van der Waals surface area contributed by atoms with Gasteiger partial charge in [-0.25, -0.2) is 0 Å². The maximum atomic E-state index is 6.22. The number of hydrogen-bond donors (Lipinski definition) is 1. The Balaban J connectivity index is 0.00000289. The molecule has 18 heavy (non-hydrogen) atoms. The molecule has 0 heterocycles. The monoisotopic (exact) mass is 273 g/mol. The van der Waals surface area contributed by atoms with Gasteiger partial charge in [-0.05, 0) is 30.0 Å². The first-order chi connectivity index (χ1) is 7.90. The van der Waals surface area contributed by atoms with Crippen LogP contribution in [0.4, 0.5) is 0 Å². The van der Waals surface area contributed by atoms with Crippen molar-refractivity contribution in [3.63, 3.8) is 0 Å². The number of rotatable bonds is 4. The summed E-state index contributed by atoms with van der Waals surface area (Å²) >= 11 is 0. The Hall–Kier alpha value is -0.930. The van der Waals surface area contributed by atoms with Crippen molar-refractivity contribution in [1.82, 2.24) is 0 Å². The van der Waals surface area contributed by atoms with Crippen molar-refractivity contribution < 1.29 is 9.47 Å². The van der Waals surface area contributed by atoms with Gasteiger partial charge in [-0.1, -0.05) is 26.8 Å². The number of nitrogens with two attached hydrogens (primary N) is 1. The normalized spacial score (nSPS) is 12.6. The van der Waals surface area contributed by atoms with E-state index in [0.717, 1.165) is 17.1 Å². The van der Waals surface area contributed by atoms with Crippen molar-refractivity contribution in [2.75, 3.05) is 13.7 Å². The number of benzene rings is 1. The third-order valence-corrected chi connectivity index (χ3v) is 2.78. The topological polar surface area (TPSA) is 44.5 Å². The number of hydrogen-bond acceptors (Lipinski definition) is 3. The molecule has 104 valence electrons. The molecule has 3 nitrogen and oxygen atoms in total. The Kier molecular flexibility index (Phi) is 6.50. The molecule has 0 aliphatic carbocycles. The summed E-state index contributed by atoms with van der Waals surface area (Å²) in [5.74, 6) is 1.50. The van der Waals surface area contributed by atoms with Crippen LogP contribution in [0.3, 0.4) is 0 Å². The Morgan fingerprint density at radius 2 is 1.83 bits per heavy atom. The standard InChI is InChI=1S/C14H23NO2.ClH/c1-6-17-11-8-7-10(9-12(11)16-5)13(15)14(2,3)4;/h7-9,13H,6,15H2,1-5H3;1H/t13-;/m1./s1. The minimum atomic E-state index is -0.0212. The van der Waals surface area contributed by atoms with Gasteiger partial charge < -0.3 is 15.2 Å². The predicted molar refractivity (Wildman–Crippen MR) is 77.8 cm³/mol. The van der Waals surface area contributed by atoms with Crippen LogP contribution in [0.15, 0.2) is 18.2 Å². The molecule has 0 aromatic heterocycles. The Morgan fingerprint density at radius 1 is 1.22 bits per heavy atom. The average Bonchev–Trinajstić information content (AvgIpc) is 2.28. The lowest BCUT2D eigenvalue weighted by molar-refractivity contribution is 0.306. The SMILES string of the molecule is CCOc1ccc([C@@H](N)C(C)(C)C)cc1OC.Cl. The van der Waals surface area contributed by atoms with Crippen molar-refractivity contribution in [3.05, 3.63) is 23.8 Å². The first kappa shape index (κ1) is 17.1. The molecule has 1 rings (SSSR count). The van der Waals surface area contributed by atoms with Gasteiger partial charge in [0.15, 0.2) is 11.5 Å². The maximum Gasteiger partial charge on any atom is 0.161 e. The molecule has 0 amide bonds. The zero-order valence-corrected chi connectivity index (χ0v) is 12.6. The van der Waals surface area contributed by atoms with E-state index in [2.05, 4.69) is 20.8 Å². The number of ether oxygens (including phenoxy) is 2. The third kappa shape index (κ3) is 4.07. The summed E-state index contributed by atoms with van der Waals surface area (Å²) < 4.78 is 10.8. The summed E-state index contributed by atoms with van der Waals surface area (Å²) in [7, 11) is 1.64. The summed E-state index contributed by atoms with van der Waals surface area (Å²) in [4.78, 5) is 0. The molecule has 0 unspecified atom stereocenters. The van der Waals surface area contributed by atoms with Gasteiger partial charge in [0.1, 0.15) is 0 Å². The van der Waals surface area contributed by atoms with Crippen molar-refractivity contribution in [2.24, 2.45) is 11.1 Å². The molecule has 1 aromatic rings. The van der Waals surface area contributed by atoms with Gasteiger partial charge in [-0.3, -0.25) is 0 Å². The zero-order valence-electron chi connectivity index (χ0n) is 11.8. The first-order valence-corrected chi connectivity index (χ1v) is 5.96. The molecule has 4 heteroatoms. The largest absolute Gasteiger partial charge is 0.493 e. The van der Waals surface area contributed by atoms with Crippen LogP contribution >= 0.6 is 12.4 Å². The number of methoxy groups -OCH3 is 1. The second-order valence-corrected chi connectivity index (χ2v) is 5.19. The van der Waals surface area contributed by atoms with E-state index in [1.807, 2.05) is 25.1 Å². The Labute approximate surface area is 116 Å². The highest BCUT2D eigenvalue weighted by Crippen LogP contribution is 2.35. The molecule has 2 N–H and O–H groups in total. The lowest BCUT2D eigenvalue weighted by Gasteiger charge is -2.27. The van der Waals surface area contributed by atoms with Gasteiger partial charge in [0.25, 0.3) is 0 Å². The highest BCUT2D eigenvalue weighted by molar-refractivity contribution is 5.85. The molecular formula is C14H24ClNO2. The van der Waals surface area contributed by atoms with Crippen molar-refractivity contribution in [1.29, 1.82) is 0 Å². The fourth-order valence-corrected chi connectivity index (χ4v) is 1.65. The molecule has 1 aromatic carbocycles. The second kappa shape index (κ2) is 6.86. The van der Waals surface area contributed by atoms with Crippen molar-refractivity contribution >= 4 is 12.4 Å². The van der Waals surface area contributed by atoms with Crippen LogP contribution in [-0.4, -0.2) is 13.7 Å². The van der Waals surface area contributed by atoms with Crippen LogP contribution in [0.1, 0.15) is 39.3 Å². The molecule has 0 saturated carbocycles. The van der Waals surface area contributed by atoms with Gasteiger partial charge in [0, 0.05) is 6.04 Å². The van der Waals surface area contributed by atoms with E-state index in [1.165, 1.54) is 0 Å². The minimum absolute atomic E-state index is 0. The molecule has 0 saturated heterocycles. The van der Waals surface area contributed by atoms with Crippen LogP contribution in [0.25, 0.3) is 0 Å². The van der Waals surface area contributed by atoms with Gasteiger partial charge in [-0.15, -0.1) is 12.4 Å².